The van der Waals surface area contributed by atoms with Crippen molar-refractivity contribution in [3.63, 3.8) is 0 Å². The number of rotatable bonds is 2. The van der Waals surface area contributed by atoms with Crippen LogP contribution in [0.1, 0.15) is 21.4 Å². The smallest absolute Gasteiger partial charge is 0.220 e. The van der Waals surface area contributed by atoms with Crippen LogP contribution in [0, 0.1) is 27.7 Å². The number of anilines is 2. The molecule has 4 heterocycles. The molecular formula is C18H20N8S2. The monoisotopic (exact) mass is 412 g/mol. The SMILES string of the molecule is Cc1nc(C)c(-c2ccnc(N)n2)s1.Cc1nc(C)c(-c2ccnc(N)n2)s1. The molecule has 0 aliphatic rings. The Hall–Kier alpha value is -2.98. The zero-order chi connectivity index (χ0) is 20.3. The molecule has 0 fully saturated rings. The third-order valence-corrected chi connectivity index (χ3v) is 5.81. The van der Waals surface area contributed by atoms with Crippen LogP contribution in [0.2, 0.25) is 0 Å². The van der Waals surface area contributed by atoms with Crippen molar-refractivity contribution in [1.29, 1.82) is 0 Å². The summed E-state index contributed by atoms with van der Waals surface area (Å²) in [4.78, 5) is 26.8. The van der Waals surface area contributed by atoms with E-state index < -0.39 is 0 Å². The molecule has 0 saturated carbocycles. The maximum absolute atomic E-state index is 5.51. The van der Waals surface area contributed by atoms with Gasteiger partial charge in [-0.1, -0.05) is 0 Å². The molecule has 4 aromatic rings. The largest absolute Gasteiger partial charge is 0.368 e. The Balaban J connectivity index is 0.000000161. The minimum atomic E-state index is 0.299. The number of aromatic nitrogens is 6. The van der Waals surface area contributed by atoms with Gasteiger partial charge in [-0.05, 0) is 39.8 Å². The molecule has 0 atom stereocenters. The van der Waals surface area contributed by atoms with Gasteiger partial charge in [-0.25, -0.2) is 29.9 Å². The van der Waals surface area contributed by atoms with Crippen LogP contribution in [0.4, 0.5) is 11.9 Å². The van der Waals surface area contributed by atoms with E-state index in [1.54, 1.807) is 35.1 Å². The molecular weight excluding hydrogens is 392 g/mol. The zero-order valence-electron chi connectivity index (χ0n) is 16.0. The number of nitrogen functional groups attached to an aromatic ring is 2. The van der Waals surface area contributed by atoms with Crippen LogP contribution in [0.15, 0.2) is 24.5 Å². The fourth-order valence-corrected chi connectivity index (χ4v) is 4.32. The van der Waals surface area contributed by atoms with E-state index in [0.717, 1.165) is 42.5 Å². The molecule has 0 radical (unpaired) electrons. The number of aryl methyl sites for hydroxylation is 4. The Bertz CT molecular complexity index is 1010. The van der Waals surface area contributed by atoms with E-state index in [4.69, 9.17) is 11.5 Å². The van der Waals surface area contributed by atoms with Gasteiger partial charge in [0.25, 0.3) is 0 Å². The quantitative estimate of drug-likeness (QED) is 0.511. The average molecular weight is 413 g/mol. The molecule has 0 aliphatic carbocycles. The van der Waals surface area contributed by atoms with Gasteiger partial charge in [-0.3, -0.25) is 0 Å². The first kappa shape index (κ1) is 19.8. The van der Waals surface area contributed by atoms with Gasteiger partial charge in [0.2, 0.25) is 11.9 Å². The van der Waals surface area contributed by atoms with Crippen molar-refractivity contribution in [1.82, 2.24) is 29.9 Å². The highest BCUT2D eigenvalue weighted by Gasteiger charge is 2.09. The zero-order valence-corrected chi connectivity index (χ0v) is 17.6. The van der Waals surface area contributed by atoms with Crippen LogP contribution in [-0.4, -0.2) is 29.9 Å². The van der Waals surface area contributed by atoms with Gasteiger partial charge in [0, 0.05) is 12.4 Å². The van der Waals surface area contributed by atoms with Crippen molar-refractivity contribution in [2.24, 2.45) is 0 Å². The second-order valence-corrected chi connectivity index (χ2v) is 8.30. The highest BCUT2D eigenvalue weighted by molar-refractivity contribution is 7.15. The summed E-state index contributed by atoms with van der Waals surface area (Å²) in [7, 11) is 0. The van der Waals surface area contributed by atoms with Gasteiger partial charge in [0.1, 0.15) is 0 Å². The molecule has 4 aromatic heterocycles. The lowest BCUT2D eigenvalue weighted by molar-refractivity contribution is 1.17. The van der Waals surface area contributed by atoms with Crippen LogP contribution < -0.4 is 11.5 Å². The van der Waals surface area contributed by atoms with Gasteiger partial charge in [0.15, 0.2) is 0 Å². The Morgan fingerprint density at radius 1 is 0.643 bits per heavy atom. The van der Waals surface area contributed by atoms with Crippen molar-refractivity contribution in [3.8, 4) is 21.1 Å². The van der Waals surface area contributed by atoms with Crippen molar-refractivity contribution in [3.05, 3.63) is 45.9 Å². The Kier molecular flexibility index (Phi) is 5.90. The summed E-state index contributed by atoms with van der Waals surface area (Å²) in [6, 6.07) is 3.69. The number of thiazole rings is 2. The second kappa shape index (κ2) is 8.36. The second-order valence-electron chi connectivity index (χ2n) is 5.89. The standard InChI is InChI=1S/2C9H10N4S/c2*1-5-8(14-6(2)12-5)7-3-4-11-9(10)13-7/h2*3-4H,1-2H3,(H2,10,11,13). The number of nitrogens with two attached hydrogens (primary N) is 2. The average Bonchev–Trinajstić information content (AvgIpc) is 3.16. The van der Waals surface area contributed by atoms with E-state index in [2.05, 4.69) is 29.9 Å². The molecule has 4 N–H and O–H groups in total. The predicted octanol–water partition coefficient (Wildman–Crippen LogP) is 3.60. The fourth-order valence-electron chi connectivity index (χ4n) is 2.54. The molecule has 0 aromatic carbocycles. The lowest BCUT2D eigenvalue weighted by atomic mass is 10.3. The van der Waals surface area contributed by atoms with Gasteiger partial charge >= 0.3 is 0 Å². The minimum absolute atomic E-state index is 0.299. The molecule has 0 bridgehead atoms. The van der Waals surface area contributed by atoms with Gasteiger partial charge in [0.05, 0.1) is 42.5 Å². The first-order valence-corrected chi connectivity index (χ1v) is 10.0. The van der Waals surface area contributed by atoms with Crippen molar-refractivity contribution in [2.45, 2.75) is 27.7 Å². The molecule has 0 unspecified atom stereocenters. The maximum Gasteiger partial charge on any atom is 0.220 e. The van der Waals surface area contributed by atoms with Crippen molar-refractivity contribution < 1.29 is 0 Å². The van der Waals surface area contributed by atoms with Gasteiger partial charge < -0.3 is 11.5 Å². The van der Waals surface area contributed by atoms with Crippen LogP contribution in [0.3, 0.4) is 0 Å². The third-order valence-electron chi connectivity index (χ3n) is 3.62. The van der Waals surface area contributed by atoms with E-state index in [0.29, 0.717) is 11.9 Å². The van der Waals surface area contributed by atoms with E-state index in [-0.39, 0.29) is 0 Å². The molecule has 10 heteroatoms. The number of hydrogen-bond donors (Lipinski definition) is 2. The van der Waals surface area contributed by atoms with Crippen molar-refractivity contribution >= 4 is 34.6 Å². The Labute approximate surface area is 170 Å². The minimum Gasteiger partial charge on any atom is -0.368 e. The first-order chi connectivity index (χ1) is 13.3. The van der Waals surface area contributed by atoms with E-state index in [1.807, 2.05) is 39.8 Å². The first-order valence-electron chi connectivity index (χ1n) is 8.39. The molecule has 0 spiro atoms. The summed E-state index contributed by atoms with van der Waals surface area (Å²) in [5.41, 5.74) is 14.7. The third kappa shape index (κ3) is 4.65. The normalized spacial score (nSPS) is 10.4. The summed E-state index contributed by atoms with van der Waals surface area (Å²) in [6.07, 6.45) is 3.32. The molecule has 28 heavy (non-hydrogen) atoms. The summed E-state index contributed by atoms with van der Waals surface area (Å²) >= 11 is 3.24. The topological polar surface area (TPSA) is 129 Å². The maximum atomic E-state index is 5.51. The van der Waals surface area contributed by atoms with Crippen LogP contribution in [0.5, 0.6) is 0 Å². The Morgan fingerprint density at radius 2 is 1.04 bits per heavy atom. The van der Waals surface area contributed by atoms with Crippen LogP contribution in [0.25, 0.3) is 21.1 Å². The number of hydrogen-bond acceptors (Lipinski definition) is 10. The summed E-state index contributed by atoms with van der Waals surface area (Å²) in [5.74, 6) is 0.598. The fraction of sp³-hybridized carbons (Fsp3) is 0.222. The molecule has 4 rings (SSSR count). The Morgan fingerprint density at radius 3 is 1.32 bits per heavy atom. The molecule has 8 nitrogen and oxygen atoms in total. The number of nitrogens with zero attached hydrogens (tertiary/aromatic N) is 6. The van der Waals surface area contributed by atoms with Gasteiger partial charge in [-0.15, -0.1) is 22.7 Å². The van der Waals surface area contributed by atoms with Crippen molar-refractivity contribution in [2.75, 3.05) is 11.5 Å². The lowest BCUT2D eigenvalue weighted by Gasteiger charge is -1.97. The summed E-state index contributed by atoms with van der Waals surface area (Å²) in [6.45, 7) is 7.89. The van der Waals surface area contributed by atoms with E-state index in [9.17, 15) is 0 Å². The lowest BCUT2D eigenvalue weighted by Crippen LogP contribution is -1.94. The highest BCUT2D eigenvalue weighted by Crippen LogP contribution is 2.28. The van der Waals surface area contributed by atoms with Gasteiger partial charge in [-0.2, -0.15) is 0 Å². The van der Waals surface area contributed by atoms with Crippen LogP contribution >= 0.6 is 22.7 Å². The summed E-state index contributed by atoms with van der Waals surface area (Å²) in [5, 5.41) is 2.07. The highest BCUT2D eigenvalue weighted by atomic mass is 32.1. The molecule has 144 valence electrons. The molecule has 0 aliphatic heterocycles. The predicted molar refractivity (Wildman–Crippen MR) is 114 cm³/mol. The van der Waals surface area contributed by atoms with E-state index >= 15 is 0 Å². The molecule has 0 saturated heterocycles. The summed E-state index contributed by atoms with van der Waals surface area (Å²) < 4.78 is 0. The molecule has 0 amide bonds. The van der Waals surface area contributed by atoms with E-state index in [1.165, 1.54) is 0 Å². The van der Waals surface area contributed by atoms with Crippen LogP contribution in [-0.2, 0) is 0 Å².